The van der Waals surface area contributed by atoms with E-state index in [4.69, 9.17) is 32.4 Å². The van der Waals surface area contributed by atoms with Crippen molar-refractivity contribution >= 4 is 41.3 Å². The second-order valence-electron chi connectivity index (χ2n) is 5.26. The van der Waals surface area contributed by atoms with E-state index in [-0.39, 0.29) is 16.3 Å². The molecule has 1 N–H and O–H groups in total. The molecule has 6 nitrogen and oxygen atoms in total. The summed E-state index contributed by atoms with van der Waals surface area (Å²) in [4.78, 5) is 23.8. The monoisotopic (exact) mass is 402 g/mol. The zero-order valence-electron chi connectivity index (χ0n) is 13.7. The van der Waals surface area contributed by atoms with Gasteiger partial charge in [0, 0.05) is 5.02 Å². The predicted octanol–water partition coefficient (Wildman–Crippen LogP) is 4.57. The Bertz CT molecular complexity index is 983. The maximum atomic E-state index is 12.2. The summed E-state index contributed by atoms with van der Waals surface area (Å²) in [7, 11) is 0. The highest BCUT2D eigenvalue weighted by Gasteiger charge is 2.13. The zero-order valence-corrected chi connectivity index (χ0v) is 15.2. The first-order valence-electron chi connectivity index (χ1n) is 7.67. The summed E-state index contributed by atoms with van der Waals surface area (Å²) in [5.41, 5.74) is 3.25. The van der Waals surface area contributed by atoms with Crippen molar-refractivity contribution in [1.82, 2.24) is 5.43 Å². The topological polar surface area (TPSA) is 80.9 Å². The summed E-state index contributed by atoms with van der Waals surface area (Å²) >= 11 is 11.8. The minimum absolute atomic E-state index is 0.162. The number of furan rings is 1. The molecule has 1 aromatic heterocycles. The molecule has 0 saturated carbocycles. The van der Waals surface area contributed by atoms with E-state index in [1.165, 1.54) is 30.7 Å². The standard InChI is InChI=1S/C19H12Cl2N2O4/c20-13-5-8-15(16(21)10-13)19(25)27-14-6-3-12(4-7-14)11-22-23-18(24)17-2-1-9-26-17/h1-11H,(H,23,24)/b22-11-. The summed E-state index contributed by atoms with van der Waals surface area (Å²) in [6.07, 6.45) is 2.85. The van der Waals surface area contributed by atoms with Gasteiger partial charge in [0.1, 0.15) is 5.75 Å². The molecule has 3 aromatic rings. The maximum Gasteiger partial charge on any atom is 0.345 e. The van der Waals surface area contributed by atoms with Gasteiger partial charge in [0.05, 0.1) is 23.1 Å². The van der Waals surface area contributed by atoms with Crippen molar-refractivity contribution in [3.8, 4) is 5.75 Å². The van der Waals surface area contributed by atoms with Gasteiger partial charge < -0.3 is 9.15 Å². The summed E-state index contributed by atoms with van der Waals surface area (Å²) in [5, 5.41) is 4.47. The average molecular weight is 403 g/mol. The number of carbonyl (C=O) groups excluding carboxylic acids is 2. The van der Waals surface area contributed by atoms with Crippen molar-refractivity contribution in [3.63, 3.8) is 0 Å². The van der Waals surface area contributed by atoms with Gasteiger partial charge in [-0.1, -0.05) is 23.2 Å². The van der Waals surface area contributed by atoms with E-state index >= 15 is 0 Å². The summed E-state index contributed by atoms with van der Waals surface area (Å²) in [6, 6.07) is 14.2. The number of rotatable bonds is 5. The Morgan fingerprint density at radius 1 is 1.07 bits per heavy atom. The molecule has 8 heteroatoms. The third-order valence-corrected chi connectivity index (χ3v) is 3.91. The van der Waals surface area contributed by atoms with Gasteiger partial charge in [-0.3, -0.25) is 4.79 Å². The lowest BCUT2D eigenvalue weighted by atomic mass is 10.2. The number of ether oxygens (including phenoxy) is 1. The largest absolute Gasteiger partial charge is 0.459 e. The normalized spacial score (nSPS) is 10.7. The van der Waals surface area contributed by atoms with Crippen molar-refractivity contribution in [2.24, 2.45) is 5.10 Å². The lowest BCUT2D eigenvalue weighted by molar-refractivity contribution is 0.0734. The van der Waals surface area contributed by atoms with E-state index < -0.39 is 11.9 Å². The quantitative estimate of drug-likeness (QED) is 0.293. The number of halogens is 2. The molecular weight excluding hydrogens is 391 g/mol. The number of carbonyl (C=O) groups is 2. The van der Waals surface area contributed by atoms with E-state index in [1.54, 1.807) is 36.4 Å². The van der Waals surface area contributed by atoms with Gasteiger partial charge in [-0.15, -0.1) is 0 Å². The Hall–Kier alpha value is -3.09. The van der Waals surface area contributed by atoms with E-state index in [1.807, 2.05) is 0 Å². The van der Waals surface area contributed by atoms with Crippen LogP contribution < -0.4 is 10.2 Å². The summed E-state index contributed by atoms with van der Waals surface area (Å²) in [6.45, 7) is 0. The maximum absolute atomic E-state index is 12.2. The Kier molecular flexibility index (Phi) is 5.90. The van der Waals surface area contributed by atoms with Crippen LogP contribution >= 0.6 is 23.2 Å². The van der Waals surface area contributed by atoms with Crippen molar-refractivity contribution in [3.05, 3.63) is 87.8 Å². The zero-order chi connectivity index (χ0) is 19.2. The molecule has 1 heterocycles. The third-order valence-electron chi connectivity index (χ3n) is 3.37. The molecule has 0 unspecified atom stereocenters. The van der Waals surface area contributed by atoms with Crippen LogP contribution in [-0.2, 0) is 0 Å². The van der Waals surface area contributed by atoms with Crippen LogP contribution in [0.1, 0.15) is 26.5 Å². The fourth-order valence-corrected chi connectivity index (χ4v) is 2.55. The third kappa shape index (κ3) is 4.97. The smallest absolute Gasteiger partial charge is 0.345 e. The number of amides is 1. The first kappa shape index (κ1) is 18.7. The van der Waals surface area contributed by atoms with E-state index in [0.29, 0.717) is 16.3 Å². The molecular formula is C19H12Cl2N2O4. The van der Waals surface area contributed by atoms with Gasteiger partial charge in [-0.25, -0.2) is 10.2 Å². The molecule has 0 aliphatic carbocycles. The van der Waals surface area contributed by atoms with Gasteiger partial charge in [-0.05, 0) is 60.2 Å². The Labute approximate surface area is 164 Å². The second-order valence-corrected chi connectivity index (χ2v) is 6.10. The average Bonchev–Trinajstić information content (AvgIpc) is 3.18. The first-order valence-corrected chi connectivity index (χ1v) is 8.43. The molecule has 0 radical (unpaired) electrons. The van der Waals surface area contributed by atoms with E-state index in [9.17, 15) is 9.59 Å². The van der Waals surface area contributed by atoms with Gasteiger partial charge in [-0.2, -0.15) is 5.10 Å². The van der Waals surface area contributed by atoms with Crippen LogP contribution in [0.4, 0.5) is 0 Å². The highest BCUT2D eigenvalue weighted by Crippen LogP contribution is 2.22. The number of nitrogens with one attached hydrogen (secondary N) is 1. The minimum Gasteiger partial charge on any atom is -0.459 e. The first-order chi connectivity index (χ1) is 13.0. The van der Waals surface area contributed by atoms with Crippen LogP contribution in [0, 0.1) is 0 Å². The van der Waals surface area contributed by atoms with Gasteiger partial charge in [0.2, 0.25) is 0 Å². The molecule has 136 valence electrons. The highest BCUT2D eigenvalue weighted by molar-refractivity contribution is 6.36. The van der Waals surface area contributed by atoms with Crippen molar-refractivity contribution in [2.75, 3.05) is 0 Å². The fraction of sp³-hybridized carbons (Fsp3) is 0. The molecule has 0 fully saturated rings. The van der Waals surface area contributed by atoms with Crippen molar-refractivity contribution < 1.29 is 18.7 Å². The number of hydrogen-bond acceptors (Lipinski definition) is 5. The van der Waals surface area contributed by atoms with Crippen LogP contribution in [0.2, 0.25) is 10.0 Å². The number of benzene rings is 2. The Morgan fingerprint density at radius 3 is 2.52 bits per heavy atom. The minimum atomic E-state index is -0.594. The molecule has 0 aliphatic rings. The van der Waals surface area contributed by atoms with E-state index in [2.05, 4.69) is 10.5 Å². The molecule has 0 spiro atoms. The molecule has 27 heavy (non-hydrogen) atoms. The van der Waals surface area contributed by atoms with Crippen LogP contribution in [0.5, 0.6) is 5.75 Å². The molecule has 1 amide bonds. The number of hydrogen-bond donors (Lipinski definition) is 1. The van der Waals surface area contributed by atoms with Gasteiger partial charge in [0.25, 0.3) is 0 Å². The van der Waals surface area contributed by atoms with Crippen LogP contribution in [0.25, 0.3) is 0 Å². The summed E-state index contributed by atoms with van der Waals surface area (Å²) in [5.74, 6) is -0.552. The Balaban J connectivity index is 1.59. The number of hydrazone groups is 1. The van der Waals surface area contributed by atoms with Crippen LogP contribution in [-0.4, -0.2) is 18.1 Å². The highest BCUT2D eigenvalue weighted by atomic mass is 35.5. The van der Waals surface area contributed by atoms with Crippen molar-refractivity contribution in [1.29, 1.82) is 0 Å². The van der Waals surface area contributed by atoms with E-state index in [0.717, 1.165) is 0 Å². The number of nitrogens with zero attached hydrogens (tertiary/aromatic N) is 1. The fourth-order valence-electron chi connectivity index (χ4n) is 2.07. The van der Waals surface area contributed by atoms with Crippen LogP contribution in [0.15, 0.2) is 70.4 Å². The SMILES string of the molecule is O=C(N/N=C\c1ccc(OC(=O)c2ccc(Cl)cc2Cl)cc1)c1ccco1. The predicted molar refractivity (Wildman–Crippen MR) is 102 cm³/mol. The second kappa shape index (κ2) is 8.53. The van der Waals surface area contributed by atoms with Gasteiger partial charge in [0.15, 0.2) is 5.76 Å². The molecule has 2 aromatic carbocycles. The van der Waals surface area contributed by atoms with Crippen molar-refractivity contribution in [2.45, 2.75) is 0 Å². The summed E-state index contributed by atoms with van der Waals surface area (Å²) < 4.78 is 10.2. The number of esters is 1. The molecule has 0 bridgehead atoms. The molecule has 0 atom stereocenters. The molecule has 3 rings (SSSR count). The molecule has 0 saturated heterocycles. The molecule has 0 aliphatic heterocycles. The van der Waals surface area contributed by atoms with Gasteiger partial charge >= 0.3 is 11.9 Å². The Morgan fingerprint density at radius 2 is 1.85 bits per heavy atom. The lowest BCUT2D eigenvalue weighted by Crippen LogP contribution is -2.16. The van der Waals surface area contributed by atoms with Crippen LogP contribution in [0.3, 0.4) is 0 Å². The lowest BCUT2D eigenvalue weighted by Gasteiger charge is -2.06.